The molecular weight excluding hydrogens is 523 g/mol. The normalized spacial score (nSPS) is 11.5. The molecule has 178 valence electrons. The van der Waals surface area contributed by atoms with Gasteiger partial charge in [-0.1, -0.05) is 76.9 Å². The van der Waals surface area contributed by atoms with Crippen molar-refractivity contribution in [1.82, 2.24) is 0 Å². The molecule has 5 rings (SSSR count). The number of halogens is 1. The minimum atomic E-state index is 0.194. The Morgan fingerprint density at radius 3 is 1.54 bits per heavy atom. The van der Waals surface area contributed by atoms with E-state index >= 15 is 0 Å². The van der Waals surface area contributed by atoms with Crippen molar-refractivity contribution < 1.29 is 24.2 Å². The van der Waals surface area contributed by atoms with Crippen LogP contribution < -0.4 is 0 Å². The summed E-state index contributed by atoms with van der Waals surface area (Å²) in [5.41, 5.74) is 4.41. The van der Waals surface area contributed by atoms with Crippen LogP contribution in [0.5, 0.6) is 0 Å². The smallest absolute Gasteiger partial charge is 0.172 e. The minimum Gasteiger partial charge on any atom is -0.214 e. The van der Waals surface area contributed by atoms with Crippen LogP contribution in [0.25, 0.3) is 21.5 Å². The average molecular weight is 558 g/mol. The summed E-state index contributed by atoms with van der Waals surface area (Å²) < 4.78 is 2.11. The molecule has 5 aromatic carbocycles. The molecule has 0 unspecified atom stereocenters. The van der Waals surface area contributed by atoms with Gasteiger partial charge in [-0.3, -0.25) is 0 Å². The van der Waals surface area contributed by atoms with Crippen molar-refractivity contribution in [1.29, 1.82) is 0 Å². The van der Waals surface area contributed by atoms with E-state index in [1.807, 2.05) is 54.6 Å². The van der Waals surface area contributed by atoms with Gasteiger partial charge in [0.15, 0.2) is 0 Å². The van der Waals surface area contributed by atoms with E-state index in [0.29, 0.717) is 0 Å². The first-order valence-corrected chi connectivity index (χ1v) is 13.9. The van der Waals surface area contributed by atoms with E-state index in [1.54, 1.807) is 0 Å². The van der Waals surface area contributed by atoms with Crippen molar-refractivity contribution >= 4 is 36.9 Å². The van der Waals surface area contributed by atoms with Crippen LogP contribution in [0.2, 0.25) is 5.02 Å². The van der Waals surface area contributed by atoms with Crippen LogP contribution >= 0.6 is 11.6 Å². The van der Waals surface area contributed by atoms with Crippen LogP contribution in [0.1, 0.15) is 58.2 Å². The molecule has 0 aromatic heterocycles. The van der Waals surface area contributed by atoms with Crippen LogP contribution in [0, 0.1) is 0 Å². The third-order valence-corrected chi connectivity index (χ3v) is 7.07. The van der Waals surface area contributed by atoms with Crippen molar-refractivity contribution in [3.63, 3.8) is 0 Å². The Balaban J connectivity index is 0.000000199. The van der Waals surface area contributed by atoms with Gasteiger partial charge in [0, 0.05) is 0 Å². The second-order valence-electron chi connectivity index (χ2n) is 10.9. The van der Waals surface area contributed by atoms with Crippen molar-refractivity contribution in [2.24, 2.45) is 0 Å². The van der Waals surface area contributed by atoms with Crippen molar-refractivity contribution in [3.05, 3.63) is 119 Å². The molecule has 0 bridgehead atoms. The molecule has 0 radical (unpaired) electrons. The molecule has 0 heterocycles. The zero-order valence-corrected chi connectivity index (χ0v) is 24.9. The van der Waals surface area contributed by atoms with E-state index in [-0.39, 0.29) is 10.8 Å². The molecule has 0 amide bonds. The van der Waals surface area contributed by atoms with Crippen molar-refractivity contribution in [2.75, 3.05) is 0 Å². The first kappa shape index (κ1) is 27.5. The summed E-state index contributed by atoms with van der Waals surface area (Å²) in [6.45, 7) is 13.7. The Hall–Kier alpha value is -2.08. The molecule has 35 heavy (non-hydrogen) atoms. The van der Waals surface area contributed by atoms with Crippen molar-refractivity contribution in [2.45, 2.75) is 52.4 Å². The summed E-state index contributed by atoms with van der Waals surface area (Å²) in [7, 11) is 0. The summed E-state index contributed by atoms with van der Waals surface area (Å²) in [4.78, 5) is 0. The molecule has 0 saturated heterocycles. The number of fused-ring (bicyclic) bond motifs is 3. The van der Waals surface area contributed by atoms with Gasteiger partial charge < -0.3 is 0 Å². The van der Waals surface area contributed by atoms with E-state index < -0.39 is 0 Å². The summed E-state index contributed by atoms with van der Waals surface area (Å²) >= 11 is 7.12. The Labute approximate surface area is 231 Å². The molecular formula is C33H35ClZr. The monoisotopic (exact) mass is 556 g/mol. The Morgan fingerprint density at radius 2 is 1.20 bits per heavy atom. The number of hydrogen-bond acceptors (Lipinski definition) is 0. The standard InChI is InChI=1S/C21H25.C7H5Cl.C5H5.Zr/c1-20(2,3)16-9-7-14-11-15-8-10-17(21(4,5)6)13-19(15)18(14)12-16;1-6-3-2-4-7(8)5-6;1-2-4-5-3-1;/h7-13H,1-6H3;1-5H;1-5H;/q-1;;-1;+2. The largest absolute Gasteiger partial charge is 0.214 e. The SMILES string of the molecule is CC(C)(C)c1ccc2[cH-]c3ccc(C(C)(C)C)cc3c2c1.Clc1cccc([CH]=[Zr+2])c1.c1cc[cH-]c1. The van der Waals surface area contributed by atoms with Crippen LogP contribution in [0.15, 0.2) is 97.1 Å². The Bertz CT molecular complexity index is 1290. The van der Waals surface area contributed by atoms with Crippen LogP contribution in [0.3, 0.4) is 0 Å². The molecule has 0 aliphatic carbocycles. The van der Waals surface area contributed by atoms with E-state index in [9.17, 15) is 0 Å². The van der Waals surface area contributed by atoms with E-state index in [0.717, 1.165) is 5.02 Å². The average Bonchev–Trinajstić information content (AvgIpc) is 3.49. The van der Waals surface area contributed by atoms with E-state index in [4.69, 9.17) is 11.6 Å². The zero-order valence-electron chi connectivity index (χ0n) is 21.7. The maximum atomic E-state index is 5.71. The van der Waals surface area contributed by atoms with Crippen molar-refractivity contribution in [3.8, 4) is 0 Å². The van der Waals surface area contributed by atoms with Gasteiger partial charge in [-0.25, -0.2) is 12.1 Å². The second kappa shape index (κ2) is 11.8. The van der Waals surface area contributed by atoms with Crippen LogP contribution in [-0.4, -0.2) is 3.71 Å². The number of benzene rings is 3. The third-order valence-electron chi connectivity index (χ3n) is 6.01. The molecule has 0 fully saturated rings. The molecule has 0 aliphatic rings. The second-order valence-corrected chi connectivity index (χ2v) is 12.1. The maximum Gasteiger partial charge on any atom is -0.172 e. The van der Waals surface area contributed by atoms with E-state index in [1.165, 1.54) is 62.5 Å². The Kier molecular flexibility index (Phi) is 9.25. The Morgan fingerprint density at radius 1 is 0.686 bits per heavy atom. The molecule has 0 spiro atoms. The fourth-order valence-corrected chi connectivity index (χ4v) is 4.49. The maximum absolute atomic E-state index is 5.71. The first-order valence-electron chi connectivity index (χ1n) is 12.1. The van der Waals surface area contributed by atoms with Gasteiger partial charge in [-0.05, 0) is 10.8 Å². The number of hydrogen-bond donors (Lipinski definition) is 0. The van der Waals surface area contributed by atoms with E-state index in [2.05, 4.69) is 87.7 Å². The predicted octanol–water partition coefficient (Wildman–Crippen LogP) is 9.75. The fraction of sp³-hybridized carbons (Fsp3) is 0.242. The summed E-state index contributed by atoms with van der Waals surface area (Å²) in [6, 6.07) is 34.0. The summed E-state index contributed by atoms with van der Waals surface area (Å²) in [5.74, 6) is 0. The molecule has 2 heteroatoms. The molecule has 0 atom stereocenters. The van der Waals surface area contributed by atoms with Gasteiger partial charge in [0.25, 0.3) is 0 Å². The molecule has 0 nitrogen and oxygen atoms in total. The summed E-state index contributed by atoms with van der Waals surface area (Å²) in [5, 5.41) is 6.30. The minimum absolute atomic E-state index is 0.194. The van der Waals surface area contributed by atoms with Gasteiger partial charge in [0.1, 0.15) is 0 Å². The molecule has 0 aliphatic heterocycles. The topological polar surface area (TPSA) is 0 Å². The quantitative estimate of drug-likeness (QED) is 0.180. The summed E-state index contributed by atoms with van der Waals surface area (Å²) in [6.07, 6.45) is 0. The molecule has 5 aromatic rings. The fourth-order valence-electron chi connectivity index (χ4n) is 3.85. The molecule has 0 N–H and O–H groups in total. The van der Waals surface area contributed by atoms with Crippen LogP contribution in [0.4, 0.5) is 0 Å². The number of rotatable bonds is 1. The molecule has 0 saturated carbocycles. The van der Waals surface area contributed by atoms with Gasteiger partial charge in [-0.2, -0.15) is 18.2 Å². The van der Waals surface area contributed by atoms with Gasteiger partial charge in [0.05, 0.1) is 0 Å². The zero-order chi connectivity index (χ0) is 25.6. The van der Waals surface area contributed by atoms with Gasteiger partial charge in [0.2, 0.25) is 0 Å². The van der Waals surface area contributed by atoms with Crippen LogP contribution in [-0.2, 0) is 35.1 Å². The first-order chi connectivity index (χ1) is 16.5. The van der Waals surface area contributed by atoms with Gasteiger partial charge >= 0.3 is 74.4 Å². The van der Waals surface area contributed by atoms with Gasteiger partial charge in [-0.15, -0.1) is 39.7 Å². The predicted molar refractivity (Wildman–Crippen MR) is 153 cm³/mol. The third kappa shape index (κ3) is 7.70.